The Balaban J connectivity index is 2.56. The van der Waals surface area contributed by atoms with Crippen molar-refractivity contribution in [1.82, 2.24) is 0 Å². The Morgan fingerprint density at radius 3 is 2.92 bits per heavy atom. The first-order chi connectivity index (χ1) is 6.18. The third kappa shape index (κ3) is 1.37. The molecule has 0 radical (unpaired) electrons. The zero-order valence-corrected chi connectivity index (χ0v) is 6.89. The van der Waals surface area contributed by atoms with Crippen molar-refractivity contribution >= 4 is 0 Å². The lowest BCUT2D eigenvalue weighted by atomic mass is 10.0. The molecule has 0 saturated carbocycles. The molecule has 0 spiro atoms. The van der Waals surface area contributed by atoms with Gasteiger partial charge in [0.05, 0.1) is 6.61 Å². The molecule has 13 heavy (non-hydrogen) atoms. The quantitative estimate of drug-likeness (QED) is 0.668. The van der Waals surface area contributed by atoms with Crippen LogP contribution in [0.3, 0.4) is 0 Å². The third-order valence-electron chi connectivity index (χ3n) is 2.11. The van der Waals surface area contributed by atoms with Crippen LogP contribution in [0.15, 0.2) is 12.1 Å². The minimum Gasteiger partial charge on any atom is -0.493 e. The highest BCUT2D eigenvalue weighted by Crippen LogP contribution is 2.33. The van der Waals surface area contributed by atoms with Gasteiger partial charge in [0.2, 0.25) is 0 Å². The molecule has 0 fully saturated rings. The molecule has 1 aromatic rings. The number of nitrogens with two attached hydrogens (primary N) is 1. The maximum atomic E-state index is 13.2. The van der Waals surface area contributed by atoms with Crippen LogP contribution in [0.4, 0.5) is 8.78 Å². The molecule has 0 saturated heterocycles. The van der Waals surface area contributed by atoms with Crippen molar-refractivity contribution in [3.8, 4) is 5.75 Å². The van der Waals surface area contributed by atoms with Crippen molar-refractivity contribution < 1.29 is 13.5 Å². The fourth-order valence-corrected chi connectivity index (χ4v) is 1.48. The van der Waals surface area contributed by atoms with Crippen molar-refractivity contribution in [3.05, 3.63) is 29.3 Å². The summed E-state index contributed by atoms with van der Waals surface area (Å²) in [6, 6.07) is 1.61. The SMILES string of the molecule is NC1CCOc2cc(F)cc(F)c21. The molecule has 1 aliphatic heterocycles. The Hall–Kier alpha value is -1.16. The van der Waals surface area contributed by atoms with Gasteiger partial charge in [-0.3, -0.25) is 0 Å². The number of halogens is 2. The summed E-state index contributed by atoms with van der Waals surface area (Å²) in [5, 5.41) is 0. The lowest BCUT2D eigenvalue weighted by Crippen LogP contribution is -2.22. The van der Waals surface area contributed by atoms with E-state index in [0.29, 0.717) is 13.0 Å². The Bertz CT molecular complexity index is 341. The van der Waals surface area contributed by atoms with Crippen molar-refractivity contribution in [1.29, 1.82) is 0 Å². The van der Waals surface area contributed by atoms with Crippen molar-refractivity contribution in [2.24, 2.45) is 5.73 Å². The molecular formula is C9H9F2NO. The van der Waals surface area contributed by atoms with E-state index in [0.717, 1.165) is 12.1 Å². The lowest BCUT2D eigenvalue weighted by Gasteiger charge is -2.23. The number of ether oxygens (including phenoxy) is 1. The van der Waals surface area contributed by atoms with Crippen LogP contribution >= 0.6 is 0 Å². The van der Waals surface area contributed by atoms with Gasteiger partial charge in [0.1, 0.15) is 17.4 Å². The summed E-state index contributed by atoms with van der Waals surface area (Å²) in [5.41, 5.74) is 5.94. The summed E-state index contributed by atoms with van der Waals surface area (Å²) >= 11 is 0. The molecule has 0 aromatic heterocycles. The molecule has 1 aliphatic rings. The van der Waals surface area contributed by atoms with Gasteiger partial charge in [-0.15, -0.1) is 0 Å². The van der Waals surface area contributed by atoms with E-state index < -0.39 is 11.6 Å². The normalized spacial score (nSPS) is 20.7. The fraction of sp³-hybridized carbons (Fsp3) is 0.333. The molecule has 1 atom stereocenters. The third-order valence-corrected chi connectivity index (χ3v) is 2.11. The van der Waals surface area contributed by atoms with Gasteiger partial charge in [-0.05, 0) is 0 Å². The van der Waals surface area contributed by atoms with Gasteiger partial charge in [-0.25, -0.2) is 8.78 Å². The molecule has 1 unspecified atom stereocenters. The molecule has 0 bridgehead atoms. The molecule has 4 heteroatoms. The van der Waals surface area contributed by atoms with E-state index in [9.17, 15) is 8.78 Å². The first-order valence-corrected chi connectivity index (χ1v) is 4.06. The minimum absolute atomic E-state index is 0.233. The molecule has 1 aromatic carbocycles. The topological polar surface area (TPSA) is 35.2 Å². The predicted octanol–water partition coefficient (Wildman–Crippen LogP) is 1.75. The van der Waals surface area contributed by atoms with Crippen molar-refractivity contribution in [2.45, 2.75) is 12.5 Å². The summed E-state index contributed by atoms with van der Waals surface area (Å²) in [7, 11) is 0. The number of hydrogen-bond donors (Lipinski definition) is 1. The highest BCUT2D eigenvalue weighted by Gasteiger charge is 2.22. The van der Waals surface area contributed by atoms with Crippen LogP contribution in [0, 0.1) is 11.6 Å². The van der Waals surface area contributed by atoms with Gasteiger partial charge in [0.25, 0.3) is 0 Å². The van der Waals surface area contributed by atoms with E-state index in [1.54, 1.807) is 0 Å². The second-order valence-corrected chi connectivity index (χ2v) is 3.04. The van der Waals surface area contributed by atoms with Crippen LogP contribution in [0.1, 0.15) is 18.0 Å². The maximum Gasteiger partial charge on any atom is 0.134 e. The summed E-state index contributed by atoms with van der Waals surface area (Å²) in [6.07, 6.45) is 0.565. The molecule has 70 valence electrons. The Morgan fingerprint density at radius 2 is 2.15 bits per heavy atom. The number of hydrogen-bond acceptors (Lipinski definition) is 2. The number of fused-ring (bicyclic) bond motifs is 1. The van der Waals surface area contributed by atoms with Gasteiger partial charge < -0.3 is 10.5 Å². The predicted molar refractivity (Wildman–Crippen MR) is 43.4 cm³/mol. The molecule has 2 nitrogen and oxygen atoms in total. The van der Waals surface area contributed by atoms with Crippen LogP contribution in [0.25, 0.3) is 0 Å². The largest absolute Gasteiger partial charge is 0.493 e. The Kier molecular flexibility index (Phi) is 1.92. The second kappa shape index (κ2) is 2.96. The van der Waals surface area contributed by atoms with Gasteiger partial charge in [-0.1, -0.05) is 0 Å². The molecule has 1 heterocycles. The zero-order chi connectivity index (χ0) is 9.42. The van der Waals surface area contributed by atoms with E-state index >= 15 is 0 Å². The van der Waals surface area contributed by atoms with Crippen molar-refractivity contribution in [2.75, 3.05) is 6.61 Å². The van der Waals surface area contributed by atoms with Gasteiger partial charge in [0, 0.05) is 30.2 Å². The van der Waals surface area contributed by atoms with Gasteiger partial charge in [0.15, 0.2) is 0 Å². The van der Waals surface area contributed by atoms with Crippen LogP contribution in [0.2, 0.25) is 0 Å². The average molecular weight is 185 g/mol. The van der Waals surface area contributed by atoms with Crippen LogP contribution in [-0.2, 0) is 0 Å². The Morgan fingerprint density at radius 1 is 1.38 bits per heavy atom. The molecule has 0 aliphatic carbocycles. The minimum atomic E-state index is -0.634. The average Bonchev–Trinajstić information content (AvgIpc) is 2.02. The number of benzene rings is 1. The highest BCUT2D eigenvalue weighted by molar-refractivity contribution is 5.39. The lowest BCUT2D eigenvalue weighted by molar-refractivity contribution is 0.262. The van der Waals surface area contributed by atoms with E-state index in [1.165, 1.54) is 0 Å². The summed E-state index contributed by atoms with van der Waals surface area (Å²) in [5.74, 6) is -1.02. The molecule has 2 rings (SSSR count). The van der Waals surface area contributed by atoms with E-state index in [1.807, 2.05) is 0 Å². The van der Waals surface area contributed by atoms with Crippen LogP contribution in [0.5, 0.6) is 5.75 Å². The summed E-state index contributed by atoms with van der Waals surface area (Å²) < 4.78 is 31.0. The van der Waals surface area contributed by atoms with Gasteiger partial charge in [-0.2, -0.15) is 0 Å². The van der Waals surface area contributed by atoms with Crippen molar-refractivity contribution in [3.63, 3.8) is 0 Å². The van der Waals surface area contributed by atoms with Crippen LogP contribution < -0.4 is 10.5 Å². The summed E-state index contributed by atoms with van der Waals surface area (Å²) in [6.45, 7) is 0.414. The second-order valence-electron chi connectivity index (χ2n) is 3.04. The van der Waals surface area contributed by atoms with E-state index in [4.69, 9.17) is 10.5 Å². The standard InChI is InChI=1S/C9H9F2NO/c10-5-3-6(11)9-7(12)1-2-13-8(9)4-5/h3-4,7H,1-2,12H2. The first-order valence-electron chi connectivity index (χ1n) is 4.06. The van der Waals surface area contributed by atoms with Crippen LogP contribution in [-0.4, -0.2) is 6.61 Å². The fourth-order valence-electron chi connectivity index (χ4n) is 1.48. The molecule has 2 N–H and O–H groups in total. The molecule has 0 amide bonds. The summed E-state index contributed by atoms with van der Waals surface area (Å²) in [4.78, 5) is 0. The Labute approximate surface area is 74.3 Å². The maximum absolute atomic E-state index is 13.2. The van der Waals surface area contributed by atoms with E-state index in [2.05, 4.69) is 0 Å². The van der Waals surface area contributed by atoms with E-state index in [-0.39, 0.29) is 17.4 Å². The van der Waals surface area contributed by atoms with Gasteiger partial charge >= 0.3 is 0 Å². The first kappa shape index (κ1) is 8.44. The smallest absolute Gasteiger partial charge is 0.134 e. The monoisotopic (exact) mass is 185 g/mol. The molecular weight excluding hydrogens is 176 g/mol. The number of rotatable bonds is 0. The highest BCUT2D eigenvalue weighted by atomic mass is 19.1. The zero-order valence-electron chi connectivity index (χ0n) is 6.89.